The first-order chi connectivity index (χ1) is 8.61. The summed E-state index contributed by atoms with van der Waals surface area (Å²) in [4.78, 5) is 15.3. The predicted molar refractivity (Wildman–Crippen MR) is 73.0 cm³/mol. The first-order valence-electron chi connectivity index (χ1n) is 5.47. The number of aromatic nitrogens is 1. The lowest BCUT2D eigenvalue weighted by Crippen LogP contribution is -2.13. The minimum absolute atomic E-state index is 0.229. The van der Waals surface area contributed by atoms with Crippen LogP contribution in [0.5, 0.6) is 5.75 Å². The molecule has 4 nitrogen and oxygen atoms in total. The van der Waals surface area contributed by atoms with Gasteiger partial charge in [-0.1, -0.05) is 23.9 Å². The fourth-order valence-electron chi connectivity index (χ4n) is 1.75. The second kappa shape index (κ2) is 5.27. The van der Waals surface area contributed by atoms with Gasteiger partial charge in [-0.15, -0.1) is 0 Å². The minimum atomic E-state index is -0.348. The third-order valence-corrected chi connectivity index (χ3v) is 3.50. The van der Waals surface area contributed by atoms with Crippen molar-refractivity contribution < 1.29 is 9.53 Å². The number of primary amides is 1. The summed E-state index contributed by atoms with van der Waals surface area (Å²) in [5.41, 5.74) is 7.05. The number of fused-ring (bicyclic) bond motifs is 1. The number of benzene rings is 1. The van der Waals surface area contributed by atoms with Gasteiger partial charge in [0.05, 0.1) is 17.9 Å². The molecular weight excluding hydrogens is 248 g/mol. The minimum Gasteiger partial charge on any atom is -0.494 e. The van der Waals surface area contributed by atoms with Crippen LogP contribution in [0.4, 0.5) is 0 Å². The van der Waals surface area contributed by atoms with Crippen molar-refractivity contribution in [1.82, 2.24) is 4.98 Å². The number of aryl methyl sites for hydroxylation is 1. The van der Waals surface area contributed by atoms with Gasteiger partial charge in [0.15, 0.2) is 0 Å². The van der Waals surface area contributed by atoms with Crippen molar-refractivity contribution in [3.63, 3.8) is 0 Å². The monoisotopic (exact) mass is 262 g/mol. The van der Waals surface area contributed by atoms with E-state index in [9.17, 15) is 4.79 Å². The molecule has 0 saturated carbocycles. The molecule has 0 unspecified atom stereocenters. The zero-order chi connectivity index (χ0) is 13.1. The molecule has 0 fully saturated rings. The molecule has 5 heteroatoms. The Bertz CT molecular complexity index is 599. The summed E-state index contributed by atoms with van der Waals surface area (Å²) in [5, 5.41) is 1.83. The average molecular weight is 262 g/mol. The van der Waals surface area contributed by atoms with Gasteiger partial charge in [-0.05, 0) is 24.6 Å². The molecule has 1 heterocycles. The van der Waals surface area contributed by atoms with E-state index >= 15 is 0 Å². The summed E-state index contributed by atoms with van der Waals surface area (Å²) in [5.74, 6) is 0.615. The van der Waals surface area contributed by atoms with Gasteiger partial charge in [-0.25, -0.2) is 4.98 Å². The molecule has 2 aromatic rings. The summed E-state index contributed by atoms with van der Waals surface area (Å²) in [6.07, 6.45) is 0. The molecule has 94 valence electrons. The van der Waals surface area contributed by atoms with Crippen LogP contribution in [0.3, 0.4) is 0 Å². The second-order valence-electron chi connectivity index (χ2n) is 3.89. The number of carbonyl (C=O) groups excluding carboxylic acids is 1. The number of pyridine rings is 1. The number of carbonyl (C=O) groups is 1. The highest BCUT2D eigenvalue weighted by Crippen LogP contribution is 2.29. The molecule has 1 aromatic heterocycles. The smallest absolute Gasteiger partial charge is 0.227 e. The van der Waals surface area contributed by atoms with Gasteiger partial charge in [0.25, 0.3) is 0 Å². The zero-order valence-electron chi connectivity index (χ0n) is 10.3. The summed E-state index contributed by atoms with van der Waals surface area (Å²) in [6.45, 7) is 2.01. The van der Waals surface area contributed by atoms with E-state index in [0.29, 0.717) is 0 Å². The third kappa shape index (κ3) is 2.56. The molecule has 1 aromatic carbocycles. The maximum Gasteiger partial charge on any atom is 0.227 e. The fraction of sp³-hybridized carbons (Fsp3) is 0.231. The van der Waals surface area contributed by atoms with Gasteiger partial charge in [0, 0.05) is 5.39 Å². The molecule has 0 aliphatic carbocycles. The van der Waals surface area contributed by atoms with Crippen LogP contribution in [0, 0.1) is 6.92 Å². The van der Waals surface area contributed by atoms with Crippen molar-refractivity contribution in [1.29, 1.82) is 0 Å². The molecule has 0 bridgehead atoms. The van der Waals surface area contributed by atoms with Crippen molar-refractivity contribution in [2.75, 3.05) is 12.9 Å². The summed E-state index contributed by atoms with van der Waals surface area (Å²) >= 11 is 1.34. The van der Waals surface area contributed by atoms with Crippen molar-refractivity contribution in [3.8, 4) is 5.75 Å². The molecule has 2 N–H and O–H groups in total. The molecule has 0 radical (unpaired) electrons. The first-order valence-corrected chi connectivity index (χ1v) is 6.46. The van der Waals surface area contributed by atoms with Crippen LogP contribution < -0.4 is 10.5 Å². The number of methoxy groups -OCH3 is 1. The standard InChI is InChI=1S/C13H14N2O2S/c1-8-6-12(18-7-11(14)16)15-13-9(8)4-3-5-10(13)17-2/h3-6H,7H2,1-2H3,(H2,14,16). The average Bonchev–Trinajstić information content (AvgIpc) is 2.36. The van der Waals surface area contributed by atoms with E-state index < -0.39 is 0 Å². The van der Waals surface area contributed by atoms with E-state index in [4.69, 9.17) is 10.5 Å². The molecule has 0 saturated heterocycles. The quantitative estimate of drug-likeness (QED) is 0.857. The highest BCUT2D eigenvalue weighted by Gasteiger charge is 2.08. The van der Waals surface area contributed by atoms with Crippen molar-refractivity contribution in [3.05, 3.63) is 29.8 Å². The van der Waals surface area contributed by atoms with Crippen LogP contribution in [0.15, 0.2) is 29.3 Å². The van der Waals surface area contributed by atoms with Crippen molar-refractivity contribution in [2.45, 2.75) is 11.9 Å². The Morgan fingerprint density at radius 3 is 2.94 bits per heavy atom. The van der Waals surface area contributed by atoms with Crippen LogP contribution in [0.2, 0.25) is 0 Å². The lowest BCUT2D eigenvalue weighted by Gasteiger charge is -2.08. The SMILES string of the molecule is COc1cccc2c(C)cc(SCC(N)=O)nc12. The predicted octanol–water partition coefficient (Wildman–Crippen LogP) is 2.13. The van der Waals surface area contributed by atoms with Crippen LogP contribution in [0.25, 0.3) is 10.9 Å². The Labute approximate surface area is 110 Å². The fourth-order valence-corrected chi connectivity index (χ4v) is 2.45. The van der Waals surface area contributed by atoms with Gasteiger partial charge >= 0.3 is 0 Å². The van der Waals surface area contributed by atoms with Crippen LogP contribution >= 0.6 is 11.8 Å². The Balaban J connectivity index is 2.49. The lowest BCUT2D eigenvalue weighted by atomic mass is 10.1. The van der Waals surface area contributed by atoms with Crippen LogP contribution in [0.1, 0.15) is 5.56 Å². The Kier molecular flexibility index (Phi) is 3.72. The van der Waals surface area contributed by atoms with E-state index in [1.54, 1.807) is 7.11 Å². The molecule has 0 aliphatic rings. The van der Waals surface area contributed by atoms with Gasteiger partial charge in [0.2, 0.25) is 5.91 Å². The number of ether oxygens (including phenoxy) is 1. The maximum atomic E-state index is 10.8. The van der Waals surface area contributed by atoms with E-state index in [2.05, 4.69) is 4.98 Å². The van der Waals surface area contributed by atoms with Crippen LogP contribution in [-0.2, 0) is 4.79 Å². The molecule has 0 aliphatic heterocycles. The van der Waals surface area contributed by atoms with Crippen molar-refractivity contribution >= 4 is 28.6 Å². The van der Waals surface area contributed by atoms with E-state index in [-0.39, 0.29) is 11.7 Å². The van der Waals surface area contributed by atoms with Gasteiger partial charge in [-0.3, -0.25) is 4.79 Å². The molecular formula is C13H14N2O2S. The first kappa shape index (κ1) is 12.7. The molecule has 18 heavy (non-hydrogen) atoms. The largest absolute Gasteiger partial charge is 0.494 e. The zero-order valence-corrected chi connectivity index (χ0v) is 11.1. The number of para-hydroxylation sites is 1. The second-order valence-corrected chi connectivity index (χ2v) is 4.88. The maximum absolute atomic E-state index is 10.8. The number of hydrogen-bond donors (Lipinski definition) is 1. The van der Waals surface area contributed by atoms with Gasteiger partial charge in [-0.2, -0.15) is 0 Å². The van der Waals surface area contributed by atoms with Gasteiger partial charge < -0.3 is 10.5 Å². The third-order valence-electron chi connectivity index (χ3n) is 2.57. The normalized spacial score (nSPS) is 10.6. The van der Waals surface area contributed by atoms with Gasteiger partial charge in [0.1, 0.15) is 11.3 Å². The van der Waals surface area contributed by atoms with Crippen molar-refractivity contribution in [2.24, 2.45) is 5.73 Å². The van der Waals surface area contributed by atoms with E-state index in [1.807, 2.05) is 31.2 Å². The topological polar surface area (TPSA) is 65.2 Å². The van der Waals surface area contributed by atoms with Crippen LogP contribution in [-0.4, -0.2) is 23.8 Å². The van der Waals surface area contributed by atoms with E-state index in [0.717, 1.165) is 27.2 Å². The highest BCUT2D eigenvalue weighted by atomic mass is 32.2. The number of amides is 1. The summed E-state index contributed by atoms with van der Waals surface area (Å²) in [6, 6.07) is 7.77. The lowest BCUT2D eigenvalue weighted by molar-refractivity contribution is -0.115. The number of thioether (sulfide) groups is 1. The summed E-state index contributed by atoms with van der Waals surface area (Å²) < 4.78 is 5.30. The Hall–Kier alpha value is -1.75. The number of nitrogens with two attached hydrogens (primary N) is 1. The Morgan fingerprint density at radius 2 is 2.28 bits per heavy atom. The number of rotatable bonds is 4. The number of nitrogens with zero attached hydrogens (tertiary/aromatic N) is 1. The number of hydrogen-bond acceptors (Lipinski definition) is 4. The van der Waals surface area contributed by atoms with E-state index in [1.165, 1.54) is 11.8 Å². The highest BCUT2D eigenvalue weighted by molar-refractivity contribution is 7.99. The molecule has 1 amide bonds. The molecule has 2 rings (SSSR count). The summed E-state index contributed by atoms with van der Waals surface area (Å²) in [7, 11) is 1.62. The Morgan fingerprint density at radius 1 is 1.50 bits per heavy atom. The molecule has 0 spiro atoms. The molecule has 0 atom stereocenters.